The summed E-state index contributed by atoms with van der Waals surface area (Å²) in [6.07, 6.45) is 0. The lowest BCUT2D eigenvalue weighted by Gasteiger charge is -2.24. The smallest absolute Gasteiger partial charge is 0.347 e. The van der Waals surface area contributed by atoms with Crippen molar-refractivity contribution in [2.45, 2.75) is 19.4 Å². The van der Waals surface area contributed by atoms with Crippen LogP contribution in [0.5, 0.6) is 5.75 Å². The van der Waals surface area contributed by atoms with Gasteiger partial charge in [-0.25, -0.2) is 4.79 Å². The second-order valence-corrected chi connectivity index (χ2v) is 11.8. The molecule has 0 aliphatic heterocycles. The van der Waals surface area contributed by atoms with Crippen molar-refractivity contribution in [3.05, 3.63) is 74.1 Å². The van der Waals surface area contributed by atoms with E-state index in [-0.39, 0.29) is 0 Å². The number of carboxylic acid groups (broad SMARTS) is 1. The SMILES string of the molecule is CC(C)(Oc1c(Br)cc(-c2c3ccccc3c(Br)c3sc4ccccc4c23)cc1Br)C(=O)O. The molecule has 0 amide bonds. The van der Waals surface area contributed by atoms with E-state index in [1.807, 2.05) is 18.2 Å². The number of fused-ring (bicyclic) bond motifs is 4. The van der Waals surface area contributed by atoms with Crippen molar-refractivity contribution in [3.63, 3.8) is 0 Å². The predicted octanol–water partition coefficient (Wildman–Crippen LogP) is 9.40. The van der Waals surface area contributed by atoms with Gasteiger partial charge in [0.25, 0.3) is 0 Å². The number of thiophene rings is 1. The predicted molar refractivity (Wildman–Crippen MR) is 148 cm³/mol. The Kier molecular flexibility index (Phi) is 5.80. The number of hydrogen-bond donors (Lipinski definition) is 1. The number of carbonyl (C=O) groups is 1. The second kappa shape index (κ2) is 8.38. The Morgan fingerprint density at radius 2 is 1.48 bits per heavy atom. The van der Waals surface area contributed by atoms with Gasteiger partial charge in [0.1, 0.15) is 5.75 Å². The van der Waals surface area contributed by atoms with E-state index in [1.54, 1.807) is 11.3 Å². The van der Waals surface area contributed by atoms with Crippen molar-refractivity contribution in [3.8, 4) is 16.9 Å². The van der Waals surface area contributed by atoms with Crippen molar-refractivity contribution in [1.82, 2.24) is 0 Å². The summed E-state index contributed by atoms with van der Waals surface area (Å²) in [5.74, 6) is -0.574. The van der Waals surface area contributed by atoms with E-state index < -0.39 is 11.6 Å². The van der Waals surface area contributed by atoms with Gasteiger partial charge in [0.2, 0.25) is 0 Å². The highest BCUT2D eigenvalue weighted by atomic mass is 79.9. The lowest BCUT2D eigenvalue weighted by atomic mass is 9.93. The average molecular weight is 649 g/mol. The van der Waals surface area contributed by atoms with Gasteiger partial charge in [-0.1, -0.05) is 42.5 Å². The van der Waals surface area contributed by atoms with E-state index in [0.29, 0.717) is 14.7 Å². The third kappa shape index (κ3) is 3.79. The van der Waals surface area contributed by atoms with Gasteiger partial charge in [0.15, 0.2) is 5.60 Å². The van der Waals surface area contributed by atoms with Crippen LogP contribution in [0.1, 0.15) is 13.8 Å². The topological polar surface area (TPSA) is 46.5 Å². The zero-order chi connectivity index (χ0) is 23.5. The standard InChI is InChI=1S/C26H17Br3O3S/c1-26(2,25(30)31)32-23-17(27)11-13(12-18(23)28)20-14-7-3-4-8-15(14)22(29)24-21(20)16-9-5-6-10-19(16)33-24/h3-12H,1-2H3,(H,30,31). The maximum Gasteiger partial charge on any atom is 0.347 e. The molecule has 0 saturated carbocycles. The Hall–Kier alpha value is -1.93. The van der Waals surface area contributed by atoms with Crippen LogP contribution in [0.25, 0.3) is 42.1 Å². The molecule has 0 saturated heterocycles. The molecule has 0 aliphatic rings. The number of benzene rings is 4. The quantitative estimate of drug-likeness (QED) is 0.211. The Bertz CT molecular complexity index is 1560. The van der Waals surface area contributed by atoms with Gasteiger partial charge in [-0.2, -0.15) is 0 Å². The van der Waals surface area contributed by atoms with Gasteiger partial charge in [-0.05, 0) is 102 Å². The molecular formula is C26H17Br3O3S. The van der Waals surface area contributed by atoms with E-state index in [9.17, 15) is 9.90 Å². The fourth-order valence-corrected chi connectivity index (χ4v) is 7.29. The molecule has 3 nitrogen and oxygen atoms in total. The summed E-state index contributed by atoms with van der Waals surface area (Å²) >= 11 is 12.9. The largest absolute Gasteiger partial charge is 0.478 e. The van der Waals surface area contributed by atoms with Crippen LogP contribution in [0.15, 0.2) is 74.1 Å². The van der Waals surface area contributed by atoms with Gasteiger partial charge in [-0.15, -0.1) is 11.3 Å². The van der Waals surface area contributed by atoms with Crippen LogP contribution in [0.2, 0.25) is 0 Å². The van der Waals surface area contributed by atoms with E-state index in [0.717, 1.165) is 26.4 Å². The molecule has 0 bridgehead atoms. The van der Waals surface area contributed by atoms with Crippen LogP contribution in [0.3, 0.4) is 0 Å². The van der Waals surface area contributed by atoms with Crippen molar-refractivity contribution in [1.29, 1.82) is 0 Å². The molecule has 0 atom stereocenters. The molecule has 4 aromatic carbocycles. The van der Waals surface area contributed by atoms with Crippen molar-refractivity contribution >= 4 is 96.0 Å². The van der Waals surface area contributed by atoms with E-state index >= 15 is 0 Å². The number of halogens is 3. The summed E-state index contributed by atoms with van der Waals surface area (Å²) in [5, 5.41) is 14.2. The molecule has 33 heavy (non-hydrogen) atoms. The van der Waals surface area contributed by atoms with Crippen LogP contribution >= 0.6 is 59.1 Å². The third-order valence-corrected chi connectivity index (χ3v) is 9.09. The summed E-state index contributed by atoms with van der Waals surface area (Å²) in [5.41, 5.74) is 0.770. The summed E-state index contributed by atoms with van der Waals surface area (Å²) in [6, 6.07) is 20.8. The van der Waals surface area contributed by atoms with Gasteiger partial charge < -0.3 is 9.84 Å². The van der Waals surface area contributed by atoms with Crippen LogP contribution < -0.4 is 4.74 Å². The minimum absolute atomic E-state index is 0.457. The molecular weight excluding hydrogens is 632 g/mol. The maximum absolute atomic E-state index is 11.6. The second-order valence-electron chi connectivity index (χ2n) is 8.22. The molecule has 1 heterocycles. The summed E-state index contributed by atoms with van der Waals surface area (Å²) < 4.78 is 10.8. The van der Waals surface area contributed by atoms with Crippen LogP contribution in [-0.2, 0) is 4.79 Å². The first-order valence-electron chi connectivity index (χ1n) is 10.1. The average Bonchev–Trinajstić information content (AvgIpc) is 3.16. The molecule has 0 radical (unpaired) electrons. The van der Waals surface area contributed by atoms with Crippen molar-refractivity contribution in [2.75, 3.05) is 0 Å². The lowest BCUT2D eigenvalue weighted by molar-refractivity contribution is -0.152. The minimum atomic E-state index is -1.37. The molecule has 0 aliphatic carbocycles. The summed E-state index contributed by atoms with van der Waals surface area (Å²) in [7, 11) is 0. The summed E-state index contributed by atoms with van der Waals surface area (Å²) in [6.45, 7) is 3.07. The maximum atomic E-state index is 11.6. The van der Waals surface area contributed by atoms with E-state index in [1.165, 1.54) is 34.0 Å². The van der Waals surface area contributed by atoms with E-state index in [4.69, 9.17) is 4.74 Å². The summed E-state index contributed by atoms with van der Waals surface area (Å²) in [4.78, 5) is 11.6. The molecule has 7 heteroatoms. The Morgan fingerprint density at radius 1 is 0.909 bits per heavy atom. The molecule has 5 rings (SSSR count). The first-order chi connectivity index (χ1) is 15.7. The van der Waals surface area contributed by atoms with Gasteiger partial charge in [-0.3, -0.25) is 0 Å². The molecule has 1 aromatic heterocycles. The number of ether oxygens (including phenoxy) is 1. The molecule has 0 fully saturated rings. The molecule has 0 spiro atoms. The van der Waals surface area contributed by atoms with Gasteiger partial charge in [0, 0.05) is 19.9 Å². The Labute approximate surface area is 219 Å². The van der Waals surface area contributed by atoms with Crippen LogP contribution in [0, 0.1) is 0 Å². The highest BCUT2D eigenvalue weighted by molar-refractivity contribution is 9.11. The van der Waals surface area contributed by atoms with Crippen LogP contribution in [-0.4, -0.2) is 16.7 Å². The van der Waals surface area contributed by atoms with Crippen LogP contribution in [0.4, 0.5) is 0 Å². The van der Waals surface area contributed by atoms with Crippen molar-refractivity contribution in [2.24, 2.45) is 0 Å². The minimum Gasteiger partial charge on any atom is -0.478 e. The highest BCUT2D eigenvalue weighted by Gasteiger charge is 2.31. The Balaban J connectivity index is 1.85. The molecule has 1 N–H and O–H groups in total. The van der Waals surface area contributed by atoms with Gasteiger partial charge in [0.05, 0.1) is 13.6 Å². The number of hydrogen-bond acceptors (Lipinski definition) is 3. The molecule has 5 aromatic rings. The first-order valence-corrected chi connectivity index (χ1v) is 13.3. The lowest BCUT2D eigenvalue weighted by Crippen LogP contribution is -2.38. The van der Waals surface area contributed by atoms with Gasteiger partial charge >= 0.3 is 5.97 Å². The monoisotopic (exact) mass is 646 g/mol. The fraction of sp³-hybridized carbons (Fsp3) is 0.115. The number of carboxylic acids is 1. The number of aliphatic carboxylic acids is 1. The normalized spacial score (nSPS) is 12.0. The van der Waals surface area contributed by atoms with Crippen molar-refractivity contribution < 1.29 is 14.6 Å². The third-order valence-electron chi connectivity index (χ3n) is 5.64. The fourth-order valence-electron chi connectivity index (χ4n) is 4.00. The van der Waals surface area contributed by atoms with E-state index in [2.05, 4.69) is 90.3 Å². The highest BCUT2D eigenvalue weighted by Crippen LogP contribution is 2.50. The first kappa shape index (κ1) is 22.8. The number of rotatable bonds is 4. The Morgan fingerprint density at radius 3 is 2.12 bits per heavy atom. The molecule has 0 unspecified atom stereocenters. The molecule has 166 valence electrons. The zero-order valence-electron chi connectivity index (χ0n) is 17.6. The zero-order valence-corrected chi connectivity index (χ0v) is 23.2.